The topological polar surface area (TPSA) is 73.6 Å². The number of benzene rings is 1. The summed E-state index contributed by atoms with van der Waals surface area (Å²) in [6.45, 7) is 7.34. The van der Waals surface area contributed by atoms with E-state index < -0.39 is 0 Å². The first-order chi connectivity index (χ1) is 9.62. The highest BCUT2D eigenvalue weighted by Crippen LogP contribution is 2.28. The summed E-state index contributed by atoms with van der Waals surface area (Å²) in [6.07, 6.45) is 0.918. The Balaban J connectivity index is 0.00000400. The maximum atomic E-state index is 12.0. The van der Waals surface area contributed by atoms with Gasteiger partial charge < -0.3 is 20.5 Å². The number of hydrogen-bond acceptors (Lipinski definition) is 4. The summed E-state index contributed by atoms with van der Waals surface area (Å²) < 4.78 is 11.1. The minimum absolute atomic E-state index is 0. The summed E-state index contributed by atoms with van der Waals surface area (Å²) in [4.78, 5) is 12.0. The van der Waals surface area contributed by atoms with Gasteiger partial charge in [-0.2, -0.15) is 0 Å². The van der Waals surface area contributed by atoms with Gasteiger partial charge in [0, 0.05) is 18.2 Å². The molecule has 6 heteroatoms. The van der Waals surface area contributed by atoms with Gasteiger partial charge in [0.15, 0.2) is 11.5 Å². The van der Waals surface area contributed by atoms with Gasteiger partial charge in [0.25, 0.3) is 5.91 Å². The fourth-order valence-electron chi connectivity index (χ4n) is 1.61. The smallest absolute Gasteiger partial charge is 0.251 e. The molecule has 5 nitrogen and oxygen atoms in total. The Morgan fingerprint density at radius 1 is 1.29 bits per heavy atom. The van der Waals surface area contributed by atoms with Gasteiger partial charge in [0.2, 0.25) is 0 Å². The van der Waals surface area contributed by atoms with Gasteiger partial charge in [-0.1, -0.05) is 6.92 Å². The molecule has 1 aromatic carbocycles. The molecule has 0 bridgehead atoms. The Hall–Kier alpha value is -1.46. The van der Waals surface area contributed by atoms with Crippen LogP contribution in [0.25, 0.3) is 0 Å². The standard InChI is InChI=1S/C15H24N2O3.ClH/c1-4-8-20-13-7-6-12(9-14(13)19-5-2)15(18)17-11(3)10-16;/h6-7,9,11H,4-5,8,10,16H2,1-3H3,(H,17,18);1H/t11-;/m0./s1. The summed E-state index contributed by atoms with van der Waals surface area (Å²) in [5.74, 6) is 1.09. The highest BCUT2D eigenvalue weighted by Gasteiger charge is 2.13. The highest BCUT2D eigenvalue weighted by atomic mass is 35.5. The van der Waals surface area contributed by atoms with E-state index in [0.717, 1.165) is 6.42 Å². The van der Waals surface area contributed by atoms with Gasteiger partial charge in [0.1, 0.15) is 0 Å². The lowest BCUT2D eigenvalue weighted by molar-refractivity contribution is 0.0940. The number of amides is 1. The number of carbonyl (C=O) groups is 1. The number of hydrogen-bond donors (Lipinski definition) is 2. The number of ether oxygens (including phenoxy) is 2. The number of carbonyl (C=O) groups excluding carboxylic acids is 1. The third-order valence-corrected chi connectivity index (χ3v) is 2.70. The van der Waals surface area contributed by atoms with Gasteiger partial charge in [-0.3, -0.25) is 4.79 Å². The summed E-state index contributed by atoms with van der Waals surface area (Å²) in [5, 5.41) is 2.82. The van der Waals surface area contributed by atoms with E-state index in [9.17, 15) is 4.79 Å². The molecule has 1 atom stereocenters. The Morgan fingerprint density at radius 3 is 2.57 bits per heavy atom. The highest BCUT2D eigenvalue weighted by molar-refractivity contribution is 5.95. The zero-order valence-electron chi connectivity index (χ0n) is 12.8. The lowest BCUT2D eigenvalue weighted by Crippen LogP contribution is -2.37. The van der Waals surface area contributed by atoms with Crippen molar-refractivity contribution in [2.45, 2.75) is 33.2 Å². The van der Waals surface area contributed by atoms with Crippen molar-refractivity contribution in [2.24, 2.45) is 5.73 Å². The molecule has 1 aromatic rings. The van der Waals surface area contributed by atoms with Crippen LogP contribution in [0.15, 0.2) is 18.2 Å². The van der Waals surface area contributed by atoms with Crippen molar-refractivity contribution in [2.75, 3.05) is 19.8 Å². The van der Waals surface area contributed by atoms with E-state index in [1.807, 2.05) is 20.8 Å². The SMILES string of the molecule is CCCOc1ccc(C(=O)N[C@@H](C)CN)cc1OCC.Cl. The van der Waals surface area contributed by atoms with Crippen LogP contribution in [-0.2, 0) is 0 Å². The summed E-state index contributed by atoms with van der Waals surface area (Å²) >= 11 is 0. The van der Waals surface area contributed by atoms with Gasteiger partial charge in [-0.05, 0) is 38.5 Å². The Kier molecular flexibility index (Phi) is 9.58. The van der Waals surface area contributed by atoms with E-state index in [4.69, 9.17) is 15.2 Å². The second kappa shape index (κ2) is 10.3. The molecule has 1 amide bonds. The van der Waals surface area contributed by atoms with Crippen LogP contribution in [0.3, 0.4) is 0 Å². The fourth-order valence-corrected chi connectivity index (χ4v) is 1.61. The number of halogens is 1. The molecular weight excluding hydrogens is 292 g/mol. The van der Waals surface area contributed by atoms with Gasteiger partial charge in [-0.25, -0.2) is 0 Å². The average Bonchev–Trinajstić information content (AvgIpc) is 2.45. The Bertz CT molecular complexity index is 441. The second-order valence-corrected chi connectivity index (χ2v) is 4.55. The molecule has 0 spiro atoms. The first-order valence-electron chi connectivity index (χ1n) is 7.02. The number of nitrogens with one attached hydrogen (secondary N) is 1. The van der Waals surface area contributed by atoms with E-state index in [1.165, 1.54) is 0 Å². The molecule has 0 saturated heterocycles. The van der Waals surface area contributed by atoms with Crippen LogP contribution in [0.5, 0.6) is 11.5 Å². The van der Waals surface area contributed by atoms with Crippen molar-refractivity contribution in [1.82, 2.24) is 5.32 Å². The van der Waals surface area contributed by atoms with Crippen LogP contribution in [0.1, 0.15) is 37.6 Å². The number of rotatable bonds is 8. The Labute approximate surface area is 132 Å². The minimum atomic E-state index is -0.161. The molecule has 0 heterocycles. The zero-order chi connectivity index (χ0) is 15.0. The van der Waals surface area contributed by atoms with Crippen LogP contribution in [0.2, 0.25) is 0 Å². The van der Waals surface area contributed by atoms with Crippen molar-refractivity contribution in [3.63, 3.8) is 0 Å². The van der Waals surface area contributed by atoms with Gasteiger partial charge in [-0.15, -0.1) is 12.4 Å². The van der Waals surface area contributed by atoms with Crippen molar-refractivity contribution in [3.05, 3.63) is 23.8 Å². The van der Waals surface area contributed by atoms with E-state index in [-0.39, 0.29) is 24.4 Å². The molecule has 0 aromatic heterocycles. The van der Waals surface area contributed by atoms with Crippen molar-refractivity contribution >= 4 is 18.3 Å². The molecule has 0 saturated carbocycles. The first-order valence-corrected chi connectivity index (χ1v) is 7.02. The van der Waals surface area contributed by atoms with Crippen LogP contribution in [0.4, 0.5) is 0 Å². The molecule has 0 aliphatic carbocycles. The molecule has 21 heavy (non-hydrogen) atoms. The maximum absolute atomic E-state index is 12.0. The minimum Gasteiger partial charge on any atom is -0.490 e. The summed E-state index contributed by atoms with van der Waals surface area (Å²) in [7, 11) is 0. The predicted octanol–water partition coefficient (Wildman–Crippen LogP) is 2.37. The summed E-state index contributed by atoms with van der Waals surface area (Å²) in [6, 6.07) is 5.14. The normalized spacial score (nSPS) is 11.2. The van der Waals surface area contributed by atoms with Crippen LogP contribution < -0.4 is 20.5 Å². The van der Waals surface area contributed by atoms with Gasteiger partial charge in [0.05, 0.1) is 13.2 Å². The number of nitrogens with two attached hydrogens (primary N) is 1. The Morgan fingerprint density at radius 2 is 2.00 bits per heavy atom. The van der Waals surface area contributed by atoms with Crippen LogP contribution in [-0.4, -0.2) is 31.7 Å². The molecule has 0 radical (unpaired) electrons. The summed E-state index contributed by atoms with van der Waals surface area (Å²) in [5.41, 5.74) is 6.04. The monoisotopic (exact) mass is 316 g/mol. The van der Waals surface area contributed by atoms with Crippen molar-refractivity contribution in [1.29, 1.82) is 0 Å². The first kappa shape index (κ1) is 19.5. The lowest BCUT2D eigenvalue weighted by Gasteiger charge is -2.14. The molecule has 0 aliphatic rings. The van der Waals surface area contributed by atoms with Crippen LogP contribution >= 0.6 is 12.4 Å². The van der Waals surface area contributed by atoms with E-state index in [0.29, 0.717) is 36.8 Å². The molecule has 0 unspecified atom stereocenters. The molecule has 120 valence electrons. The van der Waals surface area contributed by atoms with Crippen molar-refractivity contribution < 1.29 is 14.3 Å². The predicted molar refractivity (Wildman–Crippen MR) is 86.6 cm³/mol. The third kappa shape index (κ3) is 6.23. The second-order valence-electron chi connectivity index (χ2n) is 4.55. The largest absolute Gasteiger partial charge is 0.490 e. The molecular formula is C15H25ClN2O3. The molecule has 0 aliphatic heterocycles. The van der Waals surface area contributed by atoms with Crippen molar-refractivity contribution in [3.8, 4) is 11.5 Å². The quantitative estimate of drug-likeness (QED) is 0.772. The lowest BCUT2D eigenvalue weighted by atomic mass is 10.1. The molecule has 0 fully saturated rings. The average molecular weight is 317 g/mol. The molecule has 1 rings (SSSR count). The third-order valence-electron chi connectivity index (χ3n) is 2.70. The maximum Gasteiger partial charge on any atom is 0.251 e. The van der Waals surface area contributed by atoms with E-state index in [1.54, 1.807) is 18.2 Å². The van der Waals surface area contributed by atoms with Crippen LogP contribution in [0, 0.1) is 0 Å². The van der Waals surface area contributed by atoms with E-state index >= 15 is 0 Å². The van der Waals surface area contributed by atoms with E-state index in [2.05, 4.69) is 5.32 Å². The zero-order valence-corrected chi connectivity index (χ0v) is 13.7. The van der Waals surface area contributed by atoms with Gasteiger partial charge >= 0.3 is 0 Å². The molecule has 3 N–H and O–H groups in total. The fraction of sp³-hybridized carbons (Fsp3) is 0.533.